The number of nitrogens with one attached hydrogen (secondary N) is 1. The zero-order valence-electron chi connectivity index (χ0n) is 15.6. The summed E-state index contributed by atoms with van der Waals surface area (Å²) in [7, 11) is 0. The van der Waals surface area contributed by atoms with E-state index in [0.29, 0.717) is 6.54 Å². The fraction of sp³-hybridized carbons (Fsp3) is 0.579. The standard InChI is InChI=1S/C19H30N2O3/c1-7-15(6)24-19(23)20-17(13(3)4)18(22)21(8-2)16-11-9-14(5)10-12-16/h9-13,15,17H,7-8H2,1-6H3,(H,20,23)/t15?,17-/m0/s1. The van der Waals surface area contributed by atoms with E-state index in [0.717, 1.165) is 17.7 Å². The van der Waals surface area contributed by atoms with Gasteiger partial charge in [-0.1, -0.05) is 38.5 Å². The molecule has 0 saturated heterocycles. The van der Waals surface area contributed by atoms with Crippen molar-refractivity contribution in [2.45, 2.75) is 60.1 Å². The molecule has 0 saturated carbocycles. The van der Waals surface area contributed by atoms with Crippen LogP contribution in [0, 0.1) is 12.8 Å². The molecule has 0 aliphatic rings. The lowest BCUT2D eigenvalue weighted by Crippen LogP contribution is -2.51. The molecule has 0 bridgehead atoms. The first kappa shape index (κ1) is 20.0. The molecule has 0 radical (unpaired) electrons. The Balaban J connectivity index is 2.91. The van der Waals surface area contributed by atoms with Gasteiger partial charge in [-0.25, -0.2) is 4.79 Å². The highest BCUT2D eigenvalue weighted by atomic mass is 16.6. The summed E-state index contributed by atoms with van der Waals surface area (Å²) < 4.78 is 5.24. The summed E-state index contributed by atoms with van der Waals surface area (Å²) in [5.41, 5.74) is 1.97. The summed E-state index contributed by atoms with van der Waals surface area (Å²) in [6.45, 7) is 12.1. The number of nitrogens with zero attached hydrogens (tertiary/aromatic N) is 1. The van der Waals surface area contributed by atoms with Crippen molar-refractivity contribution in [2.75, 3.05) is 11.4 Å². The Labute approximate surface area is 145 Å². The van der Waals surface area contributed by atoms with Crippen molar-refractivity contribution < 1.29 is 14.3 Å². The van der Waals surface area contributed by atoms with Crippen LogP contribution >= 0.6 is 0 Å². The van der Waals surface area contributed by atoms with Crippen LogP contribution in [0.25, 0.3) is 0 Å². The highest BCUT2D eigenvalue weighted by Gasteiger charge is 2.29. The summed E-state index contributed by atoms with van der Waals surface area (Å²) >= 11 is 0. The van der Waals surface area contributed by atoms with E-state index in [9.17, 15) is 9.59 Å². The SMILES string of the molecule is CCC(C)OC(=O)N[C@H](C(=O)N(CC)c1ccc(C)cc1)C(C)C. The van der Waals surface area contributed by atoms with E-state index >= 15 is 0 Å². The largest absolute Gasteiger partial charge is 0.447 e. The second kappa shape index (κ2) is 9.30. The van der Waals surface area contributed by atoms with E-state index in [1.807, 2.05) is 65.8 Å². The summed E-state index contributed by atoms with van der Waals surface area (Å²) in [6, 6.07) is 7.17. The lowest BCUT2D eigenvalue weighted by Gasteiger charge is -2.29. The van der Waals surface area contributed by atoms with Crippen molar-refractivity contribution >= 4 is 17.7 Å². The van der Waals surface area contributed by atoms with Gasteiger partial charge in [0.2, 0.25) is 5.91 Å². The third-order valence-corrected chi connectivity index (χ3v) is 4.02. The molecule has 0 heterocycles. The summed E-state index contributed by atoms with van der Waals surface area (Å²) in [6.07, 6.45) is 0.0154. The van der Waals surface area contributed by atoms with Crippen molar-refractivity contribution in [1.29, 1.82) is 0 Å². The second-order valence-electron chi connectivity index (χ2n) is 6.41. The van der Waals surface area contributed by atoms with Gasteiger partial charge in [0.15, 0.2) is 0 Å². The Morgan fingerprint density at radius 2 is 1.71 bits per heavy atom. The first-order chi connectivity index (χ1) is 11.3. The van der Waals surface area contributed by atoms with Crippen LogP contribution in [-0.4, -0.2) is 30.7 Å². The maximum atomic E-state index is 12.9. The molecule has 1 aromatic rings. The molecular weight excluding hydrogens is 304 g/mol. The molecular formula is C19H30N2O3. The van der Waals surface area contributed by atoms with E-state index in [1.165, 1.54) is 0 Å². The van der Waals surface area contributed by atoms with Gasteiger partial charge < -0.3 is 15.0 Å². The van der Waals surface area contributed by atoms with Gasteiger partial charge in [-0.15, -0.1) is 0 Å². The molecule has 24 heavy (non-hydrogen) atoms. The van der Waals surface area contributed by atoms with Gasteiger partial charge in [-0.3, -0.25) is 4.79 Å². The molecule has 134 valence electrons. The highest BCUT2D eigenvalue weighted by Crippen LogP contribution is 2.18. The fourth-order valence-corrected chi connectivity index (χ4v) is 2.30. The topological polar surface area (TPSA) is 58.6 Å². The maximum Gasteiger partial charge on any atom is 0.408 e. The minimum absolute atomic E-state index is 0.0403. The van der Waals surface area contributed by atoms with E-state index in [2.05, 4.69) is 5.32 Å². The Morgan fingerprint density at radius 1 is 1.12 bits per heavy atom. The molecule has 5 nitrogen and oxygen atoms in total. The molecule has 0 spiro atoms. The highest BCUT2D eigenvalue weighted by molar-refractivity contribution is 5.98. The van der Waals surface area contributed by atoms with E-state index < -0.39 is 12.1 Å². The molecule has 5 heteroatoms. The van der Waals surface area contributed by atoms with Crippen LogP contribution < -0.4 is 10.2 Å². The van der Waals surface area contributed by atoms with Gasteiger partial charge in [-0.2, -0.15) is 0 Å². The number of aryl methyl sites for hydroxylation is 1. The Morgan fingerprint density at radius 3 is 2.17 bits per heavy atom. The van der Waals surface area contributed by atoms with E-state index in [-0.39, 0.29) is 17.9 Å². The van der Waals surface area contributed by atoms with Crippen LogP contribution in [0.15, 0.2) is 24.3 Å². The first-order valence-electron chi connectivity index (χ1n) is 8.65. The number of hydrogen-bond acceptors (Lipinski definition) is 3. The van der Waals surface area contributed by atoms with Gasteiger partial charge in [-0.05, 0) is 45.2 Å². The maximum absolute atomic E-state index is 12.9. The van der Waals surface area contributed by atoms with Gasteiger partial charge in [0, 0.05) is 12.2 Å². The lowest BCUT2D eigenvalue weighted by atomic mass is 10.0. The van der Waals surface area contributed by atoms with Crippen LogP contribution in [0.4, 0.5) is 10.5 Å². The number of anilines is 1. The number of carbonyl (C=O) groups is 2. The number of carbonyl (C=O) groups excluding carboxylic acids is 2. The van der Waals surface area contributed by atoms with Crippen molar-refractivity contribution in [3.05, 3.63) is 29.8 Å². The number of ether oxygens (including phenoxy) is 1. The number of rotatable bonds is 7. The van der Waals surface area contributed by atoms with Crippen LogP contribution in [-0.2, 0) is 9.53 Å². The normalized spacial score (nSPS) is 13.3. The average Bonchev–Trinajstić information content (AvgIpc) is 2.54. The van der Waals surface area contributed by atoms with Crippen molar-refractivity contribution in [2.24, 2.45) is 5.92 Å². The Kier molecular flexibility index (Phi) is 7.75. The Hall–Kier alpha value is -2.04. The van der Waals surface area contributed by atoms with Gasteiger partial charge >= 0.3 is 6.09 Å². The van der Waals surface area contributed by atoms with E-state index in [4.69, 9.17) is 4.74 Å². The number of likely N-dealkylation sites (N-methyl/N-ethyl adjacent to an activating group) is 1. The number of amides is 2. The first-order valence-corrected chi connectivity index (χ1v) is 8.65. The number of benzene rings is 1. The third kappa shape index (κ3) is 5.55. The molecule has 0 aromatic heterocycles. The van der Waals surface area contributed by atoms with Gasteiger partial charge in [0.1, 0.15) is 12.1 Å². The predicted molar refractivity (Wildman–Crippen MR) is 97.2 cm³/mol. The molecule has 0 aliphatic carbocycles. The molecule has 0 aliphatic heterocycles. The summed E-state index contributed by atoms with van der Waals surface area (Å²) in [4.78, 5) is 26.7. The summed E-state index contributed by atoms with van der Waals surface area (Å²) in [5, 5.41) is 2.73. The fourth-order valence-electron chi connectivity index (χ4n) is 2.30. The van der Waals surface area contributed by atoms with Crippen LogP contribution in [0.2, 0.25) is 0 Å². The van der Waals surface area contributed by atoms with E-state index in [1.54, 1.807) is 4.90 Å². The number of alkyl carbamates (subject to hydrolysis) is 1. The van der Waals surface area contributed by atoms with Crippen molar-refractivity contribution in [3.8, 4) is 0 Å². The van der Waals surface area contributed by atoms with Gasteiger partial charge in [0.05, 0.1) is 0 Å². The molecule has 1 N–H and O–H groups in total. The van der Waals surface area contributed by atoms with Crippen LogP contribution in [0.5, 0.6) is 0 Å². The zero-order valence-corrected chi connectivity index (χ0v) is 15.6. The summed E-state index contributed by atoms with van der Waals surface area (Å²) in [5.74, 6) is -0.168. The van der Waals surface area contributed by atoms with Crippen LogP contribution in [0.3, 0.4) is 0 Å². The zero-order chi connectivity index (χ0) is 18.3. The minimum atomic E-state index is -0.622. The average molecular weight is 334 g/mol. The van der Waals surface area contributed by atoms with Crippen LogP contribution in [0.1, 0.15) is 46.6 Å². The van der Waals surface area contributed by atoms with Crippen molar-refractivity contribution in [1.82, 2.24) is 5.32 Å². The second-order valence-corrected chi connectivity index (χ2v) is 6.41. The van der Waals surface area contributed by atoms with Gasteiger partial charge in [0.25, 0.3) is 0 Å². The number of hydrogen-bond donors (Lipinski definition) is 1. The monoisotopic (exact) mass is 334 g/mol. The molecule has 2 amide bonds. The molecule has 1 rings (SSSR count). The molecule has 2 atom stereocenters. The quantitative estimate of drug-likeness (QED) is 0.823. The molecule has 0 fully saturated rings. The Bertz CT molecular complexity index is 540. The lowest BCUT2D eigenvalue weighted by molar-refractivity contribution is -0.121. The minimum Gasteiger partial charge on any atom is -0.447 e. The van der Waals surface area contributed by atoms with Crippen molar-refractivity contribution in [3.63, 3.8) is 0 Å². The molecule has 1 aromatic carbocycles. The predicted octanol–water partition coefficient (Wildman–Crippen LogP) is 3.90. The third-order valence-electron chi connectivity index (χ3n) is 4.02. The smallest absolute Gasteiger partial charge is 0.408 e. The molecule has 1 unspecified atom stereocenters.